The number of nitrogens with one attached hydrogen (secondary N) is 1. The van der Waals surface area contributed by atoms with Crippen LogP contribution in [0.5, 0.6) is 0 Å². The van der Waals surface area contributed by atoms with Gasteiger partial charge in [-0.3, -0.25) is 9.59 Å². The van der Waals surface area contributed by atoms with Crippen molar-refractivity contribution < 1.29 is 9.59 Å². The maximum absolute atomic E-state index is 12.8. The first-order valence-corrected chi connectivity index (χ1v) is 7.77. The van der Waals surface area contributed by atoms with Gasteiger partial charge in [0.15, 0.2) is 0 Å². The smallest absolute Gasteiger partial charge is 0.259 e. The van der Waals surface area contributed by atoms with Crippen LogP contribution < -0.4 is 10.2 Å². The van der Waals surface area contributed by atoms with Crippen LogP contribution in [0, 0.1) is 0 Å². The van der Waals surface area contributed by atoms with E-state index in [2.05, 4.69) is 21.2 Å². The van der Waals surface area contributed by atoms with E-state index >= 15 is 0 Å². The molecular weight excluding hydrogens is 332 g/mol. The Morgan fingerprint density at radius 2 is 2.05 bits per heavy atom. The number of rotatable bonds is 1. The number of anilines is 1. The van der Waals surface area contributed by atoms with Gasteiger partial charge in [-0.15, -0.1) is 0 Å². The first kappa shape index (κ1) is 12.8. The summed E-state index contributed by atoms with van der Waals surface area (Å²) in [6.07, 6.45) is 1.19. The summed E-state index contributed by atoms with van der Waals surface area (Å²) in [6.45, 7) is 0.524. The van der Waals surface area contributed by atoms with Gasteiger partial charge >= 0.3 is 0 Å². The second kappa shape index (κ2) is 4.56. The van der Waals surface area contributed by atoms with Gasteiger partial charge in [-0.05, 0) is 30.0 Å². The van der Waals surface area contributed by atoms with Crippen LogP contribution >= 0.6 is 15.9 Å². The van der Waals surface area contributed by atoms with Crippen LogP contribution in [0.25, 0.3) is 10.8 Å². The Balaban J connectivity index is 1.85. The molecule has 0 spiro atoms. The van der Waals surface area contributed by atoms with E-state index < -0.39 is 0 Å². The second-order valence-electron chi connectivity index (χ2n) is 5.47. The summed E-state index contributed by atoms with van der Waals surface area (Å²) in [5.41, 5.74) is 1.70. The Labute approximate surface area is 130 Å². The van der Waals surface area contributed by atoms with Gasteiger partial charge in [-0.2, -0.15) is 0 Å². The van der Waals surface area contributed by atoms with Crippen LogP contribution in [-0.4, -0.2) is 24.4 Å². The van der Waals surface area contributed by atoms with E-state index in [9.17, 15) is 9.59 Å². The number of halogens is 1. The summed E-state index contributed by atoms with van der Waals surface area (Å²) >= 11 is 3.55. The topological polar surface area (TPSA) is 49.4 Å². The Morgan fingerprint density at radius 1 is 1.19 bits per heavy atom. The molecule has 4 nitrogen and oxygen atoms in total. The van der Waals surface area contributed by atoms with E-state index in [1.165, 1.54) is 0 Å². The summed E-state index contributed by atoms with van der Waals surface area (Å²) in [7, 11) is 0. The lowest BCUT2D eigenvalue weighted by Crippen LogP contribution is -2.49. The largest absolute Gasteiger partial charge is 0.354 e. The van der Waals surface area contributed by atoms with Crippen molar-refractivity contribution in [2.45, 2.75) is 18.9 Å². The molecule has 2 aromatic rings. The Morgan fingerprint density at radius 3 is 2.81 bits per heavy atom. The molecule has 1 N–H and O–H groups in total. The van der Waals surface area contributed by atoms with Crippen molar-refractivity contribution >= 4 is 44.2 Å². The molecule has 0 aromatic heterocycles. The highest BCUT2D eigenvalue weighted by Gasteiger charge is 2.36. The van der Waals surface area contributed by atoms with Crippen LogP contribution in [0.15, 0.2) is 34.8 Å². The molecule has 5 heteroatoms. The number of hydrogen-bond acceptors (Lipinski definition) is 2. The van der Waals surface area contributed by atoms with E-state index in [4.69, 9.17) is 0 Å². The van der Waals surface area contributed by atoms with Gasteiger partial charge < -0.3 is 10.2 Å². The lowest BCUT2D eigenvalue weighted by Gasteiger charge is -2.31. The molecule has 106 valence electrons. The monoisotopic (exact) mass is 344 g/mol. The third kappa shape index (κ3) is 1.80. The number of amides is 2. The highest BCUT2D eigenvalue weighted by Crippen LogP contribution is 2.41. The number of carbonyl (C=O) groups excluding carboxylic acids is 2. The molecule has 2 amide bonds. The molecule has 2 aliphatic heterocycles. The normalized spacial score (nSPS) is 21.0. The van der Waals surface area contributed by atoms with Crippen molar-refractivity contribution in [3.05, 3.63) is 40.4 Å². The molecule has 0 radical (unpaired) electrons. The fraction of sp³-hybridized carbons (Fsp3) is 0.250. The summed E-state index contributed by atoms with van der Waals surface area (Å²) < 4.78 is 0.995. The number of carbonyl (C=O) groups is 2. The van der Waals surface area contributed by atoms with Crippen molar-refractivity contribution in [3.8, 4) is 0 Å². The van der Waals surface area contributed by atoms with Crippen LogP contribution in [0.4, 0.5) is 5.69 Å². The van der Waals surface area contributed by atoms with E-state index in [-0.39, 0.29) is 17.9 Å². The lowest BCUT2D eigenvalue weighted by molar-refractivity contribution is -0.122. The van der Waals surface area contributed by atoms with Gasteiger partial charge in [-0.25, -0.2) is 0 Å². The minimum absolute atomic E-state index is 0.0342. The number of nitrogens with zero attached hydrogens (tertiary/aromatic N) is 1. The lowest BCUT2D eigenvalue weighted by atomic mass is 10.0. The first-order valence-electron chi connectivity index (χ1n) is 6.98. The summed E-state index contributed by atoms with van der Waals surface area (Å²) in [6, 6.07) is 9.81. The van der Waals surface area contributed by atoms with Gasteiger partial charge in [0.1, 0.15) is 0 Å². The standard InChI is InChI=1S/C16H13BrN2O2/c17-12-6-5-11-15-10(12)2-1-3-13(15)19(16(11)21)9-4-7-14(20)18-8-9/h1-3,5-6,9H,4,7-8H2,(H,18,20). The molecule has 0 aliphatic carbocycles. The minimum Gasteiger partial charge on any atom is -0.354 e. The molecule has 0 bridgehead atoms. The molecule has 1 atom stereocenters. The molecule has 1 saturated heterocycles. The third-order valence-corrected chi connectivity index (χ3v) is 4.97. The van der Waals surface area contributed by atoms with Crippen molar-refractivity contribution in [1.29, 1.82) is 0 Å². The average molecular weight is 345 g/mol. The fourth-order valence-corrected chi connectivity index (χ4v) is 3.74. The summed E-state index contributed by atoms with van der Waals surface area (Å²) in [5, 5.41) is 4.92. The zero-order valence-corrected chi connectivity index (χ0v) is 12.8. The number of benzene rings is 2. The van der Waals surface area contributed by atoms with Gasteiger partial charge in [-0.1, -0.05) is 28.1 Å². The maximum Gasteiger partial charge on any atom is 0.259 e. The van der Waals surface area contributed by atoms with E-state index in [0.29, 0.717) is 19.4 Å². The van der Waals surface area contributed by atoms with Crippen molar-refractivity contribution in [2.24, 2.45) is 0 Å². The van der Waals surface area contributed by atoms with Crippen LogP contribution in [0.1, 0.15) is 23.2 Å². The molecule has 1 unspecified atom stereocenters. The van der Waals surface area contributed by atoms with E-state index in [1.807, 2.05) is 35.2 Å². The highest BCUT2D eigenvalue weighted by molar-refractivity contribution is 9.10. The van der Waals surface area contributed by atoms with Crippen molar-refractivity contribution in [3.63, 3.8) is 0 Å². The predicted octanol–water partition coefficient (Wildman–Crippen LogP) is 2.84. The molecule has 1 fully saturated rings. The minimum atomic E-state index is 0.0342. The molecule has 0 saturated carbocycles. The molecule has 2 aromatic carbocycles. The number of hydrogen-bond donors (Lipinski definition) is 1. The molecule has 2 aliphatic rings. The molecule has 21 heavy (non-hydrogen) atoms. The summed E-state index contributed by atoms with van der Waals surface area (Å²) in [5.74, 6) is 0.103. The zero-order valence-electron chi connectivity index (χ0n) is 11.2. The quantitative estimate of drug-likeness (QED) is 0.864. The van der Waals surface area contributed by atoms with Crippen LogP contribution in [0.3, 0.4) is 0 Å². The zero-order chi connectivity index (χ0) is 14.6. The SMILES string of the molecule is O=C1CCC(N2C(=O)c3ccc(Br)c4cccc2c34)CN1. The van der Waals surface area contributed by atoms with Crippen LogP contribution in [-0.2, 0) is 4.79 Å². The fourth-order valence-electron chi connectivity index (χ4n) is 3.27. The number of piperidine rings is 1. The van der Waals surface area contributed by atoms with Gasteiger partial charge in [0, 0.05) is 28.4 Å². The average Bonchev–Trinajstić information content (AvgIpc) is 2.78. The van der Waals surface area contributed by atoms with Crippen molar-refractivity contribution in [1.82, 2.24) is 5.32 Å². The van der Waals surface area contributed by atoms with Gasteiger partial charge in [0.25, 0.3) is 5.91 Å². The third-order valence-electron chi connectivity index (χ3n) is 4.28. The van der Waals surface area contributed by atoms with E-state index in [1.54, 1.807) is 0 Å². The van der Waals surface area contributed by atoms with Crippen LogP contribution in [0.2, 0.25) is 0 Å². The maximum atomic E-state index is 12.8. The Kier molecular flexibility index (Phi) is 2.79. The molecule has 4 rings (SSSR count). The Hall–Kier alpha value is -1.88. The van der Waals surface area contributed by atoms with Gasteiger partial charge in [0.2, 0.25) is 5.91 Å². The van der Waals surface area contributed by atoms with Crippen molar-refractivity contribution in [2.75, 3.05) is 11.4 Å². The molecular formula is C16H13BrN2O2. The highest BCUT2D eigenvalue weighted by atomic mass is 79.9. The Bertz CT molecular complexity index is 777. The predicted molar refractivity (Wildman–Crippen MR) is 84.5 cm³/mol. The second-order valence-corrected chi connectivity index (χ2v) is 6.32. The first-order chi connectivity index (χ1) is 10.2. The summed E-state index contributed by atoms with van der Waals surface area (Å²) in [4.78, 5) is 26.0. The van der Waals surface area contributed by atoms with Gasteiger partial charge in [0.05, 0.1) is 11.7 Å². The van der Waals surface area contributed by atoms with E-state index in [0.717, 1.165) is 26.5 Å². The molecule has 2 heterocycles.